The second kappa shape index (κ2) is 12.4. The summed E-state index contributed by atoms with van der Waals surface area (Å²) in [6, 6.07) is 6.98. The van der Waals surface area contributed by atoms with Crippen LogP contribution in [-0.4, -0.2) is 56.6 Å². The van der Waals surface area contributed by atoms with Crippen molar-refractivity contribution < 1.29 is 14.9 Å². The van der Waals surface area contributed by atoms with Gasteiger partial charge in [0.15, 0.2) is 10.6 Å². The molecule has 1 aliphatic carbocycles. The number of nitrogens with one attached hydrogen (secondary N) is 1. The van der Waals surface area contributed by atoms with Gasteiger partial charge in [-0.3, -0.25) is 4.57 Å². The van der Waals surface area contributed by atoms with Gasteiger partial charge >= 0.3 is 0 Å². The number of hydrogen-bond donors (Lipinski definition) is 3. The second-order valence-corrected chi connectivity index (χ2v) is 17.5. The Bertz CT molecular complexity index is 1230. The minimum atomic E-state index is -1.19. The lowest BCUT2D eigenvalue weighted by Crippen LogP contribution is -2.29. The number of hydrogen-bond acceptors (Lipinski definition) is 9. The smallest absolute Gasteiger partial charge is 0.223 e. The number of aliphatic hydroxyl groups excluding tert-OH is 2. The molecular formula is C26H38N6O3SSi. The SMILES string of the molecule is Cc1cc(-c2cn(COCC[Si](C)(C)C)/c(=N/c3ccc(CO)cn3)s2)nc(N[C@H]2CC[C@H](O)CC2)n1. The summed E-state index contributed by atoms with van der Waals surface area (Å²) in [7, 11) is -1.19. The summed E-state index contributed by atoms with van der Waals surface area (Å²) >= 11 is 1.53. The van der Waals surface area contributed by atoms with Crippen LogP contribution in [0.3, 0.4) is 0 Å². The highest BCUT2D eigenvalue weighted by Gasteiger charge is 2.20. The van der Waals surface area contributed by atoms with E-state index in [-0.39, 0.29) is 18.8 Å². The molecule has 0 aliphatic heterocycles. The molecule has 0 spiro atoms. The number of nitrogens with zero attached hydrogens (tertiary/aromatic N) is 5. The highest BCUT2D eigenvalue weighted by atomic mass is 32.1. The molecule has 3 aromatic rings. The van der Waals surface area contributed by atoms with E-state index < -0.39 is 8.07 Å². The number of thiazole rings is 1. The van der Waals surface area contributed by atoms with E-state index in [4.69, 9.17) is 14.7 Å². The lowest BCUT2D eigenvalue weighted by atomic mass is 9.93. The summed E-state index contributed by atoms with van der Waals surface area (Å²) in [5, 5.41) is 22.6. The number of ether oxygens (including phenoxy) is 1. The minimum Gasteiger partial charge on any atom is -0.393 e. The van der Waals surface area contributed by atoms with Crippen LogP contribution in [0.15, 0.2) is 35.6 Å². The molecule has 4 rings (SSSR count). The van der Waals surface area contributed by atoms with E-state index in [1.54, 1.807) is 12.3 Å². The van der Waals surface area contributed by atoms with Crippen LogP contribution in [-0.2, 0) is 18.1 Å². The molecule has 3 N–H and O–H groups in total. The van der Waals surface area contributed by atoms with E-state index in [1.807, 2.05) is 29.8 Å². The van der Waals surface area contributed by atoms with E-state index in [0.29, 0.717) is 25.1 Å². The Kier molecular flexibility index (Phi) is 9.25. The molecule has 0 bridgehead atoms. The van der Waals surface area contributed by atoms with Gasteiger partial charge in [0.25, 0.3) is 0 Å². The van der Waals surface area contributed by atoms with Crippen LogP contribution >= 0.6 is 11.3 Å². The molecule has 0 radical (unpaired) electrons. The van der Waals surface area contributed by atoms with Gasteiger partial charge in [0, 0.05) is 38.8 Å². The summed E-state index contributed by atoms with van der Waals surface area (Å²) in [4.78, 5) is 20.3. The zero-order valence-electron chi connectivity index (χ0n) is 22.1. The third kappa shape index (κ3) is 8.27. The minimum absolute atomic E-state index is 0.0494. The standard InChI is InChI=1S/C26H38N6O3SSi/c1-18-13-22(30-25(28-18)29-20-6-8-21(34)9-7-20)23-15-32(17-35-11-12-37(2,3)4)26(36-23)31-24-10-5-19(16-33)14-27-24/h5,10,13-15,20-21,33-34H,6-9,11-12,16-17H2,1-4H3,(H,28,29,30)/b31-26-/t20-,21-. The van der Waals surface area contributed by atoms with Gasteiger partial charge in [-0.25, -0.2) is 19.9 Å². The second-order valence-electron chi connectivity index (χ2n) is 10.9. The lowest BCUT2D eigenvalue weighted by molar-refractivity contribution is 0.0855. The Morgan fingerprint density at radius 1 is 1.19 bits per heavy atom. The van der Waals surface area contributed by atoms with Crippen molar-refractivity contribution in [2.75, 3.05) is 11.9 Å². The predicted molar refractivity (Wildman–Crippen MR) is 149 cm³/mol. The summed E-state index contributed by atoms with van der Waals surface area (Å²) in [5.74, 6) is 1.18. The van der Waals surface area contributed by atoms with E-state index in [1.165, 1.54) is 11.3 Å². The molecule has 1 aliphatic rings. The highest BCUT2D eigenvalue weighted by Crippen LogP contribution is 2.25. The molecule has 200 valence electrons. The number of pyridine rings is 1. The van der Waals surface area contributed by atoms with Crippen LogP contribution in [0.2, 0.25) is 25.7 Å². The van der Waals surface area contributed by atoms with Gasteiger partial charge in [-0.15, -0.1) is 0 Å². The summed E-state index contributed by atoms with van der Waals surface area (Å²) in [6.45, 7) is 10.1. The molecule has 0 atom stereocenters. The topological polar surface area (TPSA) is 118 Å². The monoisotopic (exact) mass is 542 g/mol. The maximum absolute atomic E-state index is 9.81. The molecule has 9 nitrogen and oxygen atoms in total. The Hall–Kier alpha value is -2.44. The molecule has 0 amide bonds. The first-order valence-corrected chi connectivity index (χ1v) is 17.4. The van der Waals surface area contributed by atoms with Gasteiger partial charge in [-0.1, -0.05) is 37.0 Å². The third-order valence-electron chi connectivity index (χ3n) is 6.29. The van der Waals surface area contributed by atoms with Crippen LogP contribution in [0.25, 0.3) is 10.6 Å². The fraction of sp³-hybridized carbons (Fsp3) is 0.538. The number of aryl methyl sites for hydroxylation is 1. The van der Waals surface area contributed by atoms with Gasteiger partial charge in [0.1, 0.15) is 6.73 Å². The van der Waals surface area contributed by atoms with Crippen LogP contribution in [0.4, 0.5) is 11.8 Å². The number of anilines is 1. The first-order valence-electron chi connectivity index (χ1n) is 12.9. The first-order chi connectivity index (χ1) is 17.7. The van der Waals surface area contributed by atoms with Gasteiger partial charge < -0.3 is 20.3 Å². The predicted octanol–water partition coefficient (Wildman–Crippen LogP) is 4.46. The third-order valence-corrected chi connectivity index (χ3v) is 9.03. The van der Waals surface area contributed by atoms with E-state index >= 15 is 0 Å². The molecule has 0 aromatic carbocycles. The Morgan fingerprint density at radius 2 is 1.97 bits per heavy atom. The fourth-order valence-corrected chi connectivity index (χ4v) is 5.76. The largest absolute Gasteiger partial charge is 0.393 e. The van der Waals surface area contributed by atoms with Crippen molar-refractivity contribution in [1.29, 1.82) is 0 Å². The summed E-state index contributed by atoms with van der Waals surface area (Å²) in [6.07, 6.45) is 6.90. The van der Waals surface area contributed by atoms with Gasteiger partial charge in [-0.05, 0) is 56.3 Å². The first kappa shape index (κ1) is 27.6. The normalized spacial score (nSPS) is 18.8. The average molecular weight is 543 g/mol. The molecule has 11 heteroatoms. The zero-order valence-corrected chi connectivity index (χ0v) is 24.0. The molecule has 1 saturated carbocycles. The van der Waals surface area contributed by atoms with Crippen LogP contribution < -0.4 is 10.1 Å². The maximum Gasteiger partial charge on any atom is 0.223 e. The molecule has 0 unspecified atom stereocenters. The average Bonchev–Trinajstić information content (AvgIpc) is 3.25. The molecule has 3 heterocycles. The van der Waals surface area contributed by atoms with Crippen molar-refractivity contribution in [3.8, 4) is 10.6 Å². The van der Waals surface area contributed by atoms with Crippen molar-refractivity contribution in [1.82, 2.24) is 19.5 Å². The van der Waals surface area contributed by atoms with Crippen LogP contribution in [0, 0.1) is 6.92 Å². The number of rotatable bonds is 10. The molecule has 37 heavy (non-hydrogen) atoms. The molecular weight excluding hydrogens is 504 g/mol. The van der Waals surface area contributed by atoms with Crippen molar-refractivity contribution in [3.05, 3.63) is 46.7 Å². The Morgan fingerprint density at radius 3 is 2.65 bits per heavy atom. The quantitative estimate of drug-likeness (QED) is 0.256. The molecule has 1 fully saturated rings. The van der Waals surface area contributed by atoms with E-state index in [0.717, 1.165) is 58.4 Å². The summed E-state index contributed by atoms with van der Waals surface area (Å²) in [5.41, 5.74) is 2.46. The zero-order chi connectivity index (χ0) is 26.4. The van der Waals surface area contributed by atoms with Crippen molar-refractivity contribution in [2.24, 2.45) is 4.99 Å². The van der Waals surface area contributed by atoms with Crippen LogP contribution in [0.5, 0.6) is 0 Å². The number of aromatic nitrogens is 4. The molecule has 3 aromatic heterocycles. The summed E-state index contributed by atoms with van der Waals surface area (Å²) < 4.78 is 8.04. The Labute approximate surface area is 223 Å². The van der Waals surface area contributed by atoms with E-state index in [9.17, 15) is 10.2 Å². The van der Waals surface area contributed by atoms with Crippen LogP contribution in [0.1, 0.15) is 36.9 Å². The van der Waals surface area contributed by atoms with Crippen molar-refractivity contribution in [3.63, 3.8) is 0 Å². The van der Waals surface area contributed by atoms with Gasteiger partial charge in [0.05, 0.1) is 23.3 Å². The highest BCUT2D eigenvalue weighted by molar-refractivity contribution is 7.12. The van der Waals surface area contributed by atoms with Gasteiger partial charge in [-0.2, -0.15) is 0 Å². The van der Waals surface area contributed by atoms with Crippen molar-refractivity contribution >= 4 is 31.2 Å². The van der Waals surface area contributed by atoms with Crippen molar-refractivity contribution in [2.45, 2.75) is 83.8 Å². The lowest BCUT2D eigenvalue weighted by Gasteiger charge is -2.26. The maximum atomic E-state index is 9.81. The number of aliphatic hydroxyl groups is 2. The fourth-order valence-electron chi connectivity index (χ4n) is 4.06. The van der Waals surface area contributed by atoms with Gasteiger partial charge in [0.2, 0.25) is 5.95 Å². The Balaban J connectivity index is 1.60. The van der Waals surface area contributed by atoms with E-state index in [2.05, 4.69) is 34.9 Å². The molecule has 0 saturated heterocycles.